The lowest BCUT2D eigenvalue weighted by molar-refractivity contribution is -0.384. The summed E-state index contributed by atoms with van der Waals surface area (Å²) in [5.74, 6) is -1.79. The molecule has 0 aliphatic carbocycles. The first kappa shape index (κ1) is 15.6. The van der Waals surface area contributed by atoms with Gasteiger partial charge in [0, 0.05) is 12.6 Å². The molecule has 0 saturated carbocycles. The Morgan fingerprint density at radius 3 is 2.68 bits per heavy atom. The van der Waals surface area contributed by atoms with E-state index in [1.807, 2.05) is 16.8 Å². The van der Waals surface area contributed by atoms with Crippen LogP contribution in [0.5, 0.6) is 0 Å². The van der Waals surface area contributed by atoms with E-state index >= 15 is 0 Å². The van der Waals surface area contributed by atoms with Gasteiger partial charge in [0.2, 0.25) is 0 Å². The van der Waals surface area contributed by atoms with E-state index in [-0.39, 0.29) is 17.9 Å². The van der Waals surface area contributed by atoms with Crippen LogP contribution in [0.4, 0.5) is 11.4 Å². The number of carbonyl (C=O) groups excluding carboxylic acids is 2. The van der Waals surface area contributed by atoms with Crippen molar-refractivity contribution in [1.82, 2.24) is 5.32 Å². The molecule has 1 heterocycles. The molecule has 0 aliphatic heterocycles. The summed E-state index contributed by atoms with van der Waals surface area (Å²) in [7, 11) is 0. The topological polar surface area (TPSA) is 101 Å². The molecule has 2 amide bonds. The highest BCUT2D eigenvalue weighted by atomic mass is 32.1. The molecule has 22 heavy (non-hydrogen) atoms. The second-order valence-corrected chi connectivity index (χ2v) is 5.33. The summed E-state index contributed by atoms with van der Waals surface area (Å²) in [5.41, 5.74) is 1.31. The van der Waals surface area contributed by atoms with E-state index in [4.69, 9.17) is 0 Å². The summed E-state index contributed by atoms with van der Waals surface area (Å²) in [6, 6.07) is 6.18. The quantitative estimate of drug-likeness (QED) is 0.512. The zero-order valence-electron chi connectivity index (χ0n) is 11.7. The fourth-order valence-corrected chi connectivity index (χ4v) is 2.40. The number of nitrogens with one attached hydrogen (secondary N) is 2. The van der Waals surface area contributed by atoms with Crippen LogP contribution in [0.3, 0.4) is 0 Å². The molecule has 0 fully saturated rings. The summed E-state index contributed by atoms with van der Waals surface area (Å²) < 4.78 is 0. The van der Waals surface area contributed by atoms with Gasteiger partial charge in [-0.2, -0.15) is 11.3 Å². The molecule has 1 aromatic carbocycles. The molecule has 0 bridgehead atoms. The van der Waals surface area contributed by atoms with Gasteiger partial charge in [-0.05, 0) is 40.9 Å². The van der Waals surface area contributed by atoms with E-state index in [0.29, 0.717) is 5.56 Å². The first-order valence-electron chi connectivity index (χ1n) is 6.32. The van der Waals surface area contributed by atoms with Crippen molar-refractivity contribution in [3.8, 4) is 0 Å². The van der Waals surface area contributed by atoms with E-state index in [1.165, 1.54) is 23.5 Å². The van der Waals surface area contributed by atoms with E-state index < -0.39 is 16.7 Å². The molecule has 8 heteroatoms. The number of carbonyl (C=O) groups is 2. The molecule has 2 N–H and O–H groups in total. The maximum atomic E-state index is 11.8. The third-order valence-electron chi connectivity index (χ3n) is 2.84. The van der Waals surface area contributed by atoms with Crippen molar-refractivity contribution >= 4 is 34.5 Å². The predicted octanol–water partition coefficient (Wildman–Crippen LogP) is 2.22. The number of thiophene rings is 1. The molecule has 0 aliphatic rings. The summed E-state index contributed by atoms with van der Waals surface area (Å²) in [5, 5.41) is 19.4. The number of hydrogen-bond donors (Lipinski definition) is 2. The summed E-state index contributed by atoms with van der Waals surface area (Å²) >= 11 is 1.48. The van der Waals surface area contributed by atoms with Crippen molar-refractivity contribution in [1.29, 1.82) is 0 Å². The SMILES string of the molecule is Cc1ccc(NC(=O)C(=O)NCc2ccsc2)c([N+](=O)[O-])c1. The molecule has 0 radical (unpaired) electrons. The number of benzene rings is 1. The normalized spacial score (nSPS) is 10.0. The van der Waals surface area contributed by atoms with Crippen LogP contribution in [0.15, 0.2) is 35.0 Å². The third kappa shape index (κ3) is 3.89. The van der Waals surface area contributed by atoms with E-state index in [2.05, 4.69) is 10.6 Å². The van der Waals surface area contributed by atoms with Gasteiger partial charge in [0.15, 0.2) is 0 Å². The summed E-state index contributed by atoms with van der Waals surface area (Å²) in [6.07, 6.45) is 0. The number of aryl methyl sites for hydroxylation is 1. The van der Waals surface area contributed by atoms with E-state index in [1.54, 1.807) is 13.0 Å². The molecule has 1 aromatic heterocycles. The molecule has 114 valence electrons. The Balaban J connectivity index is 2.02. The van der Waals surface area contributed by atoms with Gasteiger partial charge in [-0.3, -0.25) is 19.7 Å². The highest BCUT2D eigenvalue weighted by molar-refractivity contribution is 7.07. The maximum absolute atomic E-state index is 11.8. The van der Waals surface area contributed by atoms with Crippen molar-refractivity contribution in [2.24, 2.45) is 0 Å². The zero-order valence-corrected chi connectivity index (χ0v) is 12.5. The largest absolute Gasteiger partial charge is 0.344 e. The summed E-state index contributed by atoms with van der Waals surface area (Å²) in [6.45, 7) is 1.93. The van der Waals surface area contributed by atoms with Crippen LogP contribution in [0.2, 0.25) is 0 Å². The van der Waals surface area contributed by atoms with Crippen LogP contribution < -0.4 is 10.6 Å². The van der Waals surface area contributed by atoms with Crippen LogP contribution in [-0.2, 0) is 16.1 Å². The van der Waals surface area contributed by atoms with Gasteiger partial charge in [-0.15, -0.1) is 0 Å². The predicted molar refractivity (Wildman–Crippen MR) is 82.6 cm³/mol. The fraction of sp³-hybridized carbons (Fsp3) is 0.143. The number of rotatable bonds is 4. The van der Waals surface area contributed by atoms with Crippen molar-refractivity contribution in [3.05, 3.63) is 56.3 Å². The van der Waals surface area contributed by atoms with E-state index in [9.17, 15) is 19.7 Å². The number of anilines is 1. The molecule has 2 rings (SSSR count). The van der Waals surface area contributed by atoms with Gasteiger partial charge in [0.25, 0.3) is 5.69 Å². The first-order valence-corrected chi connectivity index (χ1v) is 7.27. The van der Waals surface area contributed by atoms with Crippen LogP contribution in [0.1, 0.15) is 11.1 Å². The van der Waals surface area contributed by atoms with Gasteiger partial charge in [0.05, 0.1) is 4.92 Å². The third-order valence-corrected chi connectivity index (χ3v) is 3.57. The Hall–Kier alpha value is -2.74. The Morgan fingerprint density at radius 2 is 2.05 bits per heavy atom. The number of nitro benzene ring substituents is 1. The molecule has 0 spiro atoms. The maximum Gasteiger partial charge on any atom is 0.313 e. The van der Waals surface area contributed by atoms with Gasteiger partial charge in [0.1, 0.15) is 5.69 Å². The monoisotopic (exact) mass is 319 g/mol. The van der Waals surface area contributed by atoms with Crippen LogP contribution in [-0.4, -0.2) is 16.7 Å². The van der Waals surface area contributed by atoms with Gasteiger partial charge in [-0.1, -0.05) is 6.07 Å². The van der Waals surface area contributed by atoms with Crippen molar-refractivity contribution in [2.75, 3.05) is 5.32 Å². The van der Waals surface area contributed by atoms with Gasteiger partial charge < -0.3 is 10.6 Å². The Kier molecular flexibility index (Phi) is 4.84. The zero-order chi connectivity index (χ0) is 16.1. The number of hydrogen-bond acceptors (Lipinski definition) is 5. The highest BCUT2D eigenvalue weighted by Gasteiger charge is 2.19. The molecule has 0 atom stereocenters. The molecule has 0 unspecified atom stereocenters. The average molecular weight is 319 g/mol. The number of amides is 2. The molecule has 2 aromatic rings. The van der Waals surface area contributed by atoms with Crippen LogP contribution in [0.25, 0.3) is 0 Å². The Bertz CT molecular complexity index is 713. The van der Waals surface area contributed by atoms with Gasteiger partial charge in [-0.25, -0.2) is 0 Å². The van der Waals surface area contributed by atoms with E-state index in [0.717, 1.165) is 5.56 Å². The second-order valence-electron chi connectivity index (χ2n) is 4.55. The highest BCUT2D eigenvalue weighted by Crippen LogP contribution is 2.25. The molecule has 0 saturated heterocycles. The lowest BCUT2D eigenvalue weighted by Crippen LogP contribution is -2.35. The minimum Gasteiger partial charge on any atom is -0.344 e. The lowest BCUT2D eigenvalue weighted by atomic mass is 10.2. The number of nitro groups is 1. The lowest BCUT2D eigenvalue weighted by Gasteiger charge is -2.07. The minimum absolute atomic E-state index is 0.00807. The smallest absolute Gasteiger partial charge is 0.313 e. The average Bonchev–Trinajstić information content (AvgIpc) is 2.99. The van der Waals surface area contributed by atoms with Crippen LogP contribution >= 0.6 is 11.3 Å². The fourth-order valence-electron chi connectivity index (χ4n) is 1.73. The van der Waals surface area contributed by atoms with Crippen molar-refractivity contribution in [3.63, 3.8) is 0 Å². The van der Waals surface area contributed by atoms with Gasteiger partial charge >= 0.3 is 11.8 Å². The molecule has 7 nitrogen and oxygen atoms in total. The molecular weight excluding hydrogens is 306 g/mol. The first-order chi connectivity index (χ1) is 10.5. The summed E-state index contributed by atoms with van der Waals surface area (Å²) in [4.78, 5) is 33.8. The molecular formula is C14H13N3O4S. The van der Waals surface area contributed by atoms with Crippen LogP contribution in [0, 0.1) is 17.0 Å². The standard InChI is InChI=1S/C14H13N3O4S/c1-9-2-3-11(12(6-9)17(20)21)16-14(19)13(18)15-7-10-4-5-22-8-10/h2-6,8H,7H2,1H3,(H,15,18)(H,16,19). The Labute approximate surface area is 130 Å². The number of nitrogens with zero attached hydrogens (tertiary/aromatic N) is 1. The minimum atomic E-state index is -0.942. The Morgan fingerprint density at radius 1 is 1.27 bits per heavy atom. The second kappa shape index (κ2) is 6.81. The van der Waals surface area contributed by atoms with Crippen molar-refractivity contribution < 1.29 is 14.5 Å². The van der Waals surface area contributed by atoms with Crippen molar-refractivity contribution in [2.45, 2.75) is 13.5 Å².